The first kappa shape index (κ1) is 23.7. The summed E-state index contributed by atoms with van der Waals surface area (Å²) in [5, 5.41) is 5.40. The van der Waals surface area contributed by atoms with Crippen molar-refractivity contribution in [2.75, 3.05) is 13.7 Å². The van der Waals surface area contributed by atoms with Crippen molar-refractivity contribution >= 4 is 23.7 Å². The average Bonchev–Trinajstić information content (AvgIpc) is 2.91. The number of carbonyl (C=O) groups excluding carboxylic acids is 4. The van der Waals surface area contributed by atoms with Gasteiger partial charge in [-0.3, -0.25) is 14.4 Å². The molecule has 1 rings (SSSR count). The molecule has 2 N–H and O–H groups in total. The number of hydrogen-bond acceptors (Lipinski definition) is 5. The summed E-state index contributed by atoms with van der Waals surface area (Å²) in [6, 6.07) is -1.58. The van der Waals surface area contributed by atoms with Gasteiger partial charge in [-0.1, -0.05) is 39.8 Å². The van der Waals surface area contributed by atoms with Crippen LogP contribution in [0, 0.1) is 11.8 Å². The summed E-state index contributed by atoms with van der Waals surface area (Å²) in [5.74, 6) is -2.00. The van der Waals surface area contributed by atoms with E-state index in [1.54, 1.807) is 20.8 Å². The van der Waals surface area contributed by atoms with E-state index >= 15 is 0 Å². The summed E-state index contributed by atoms with van der Waals surface area (Å²) in [6.07, 6.45) is 0.279. The van der Waals surface area contributed by atoms with Crippen molar-refractivity contribution in [3.05, 3.63) is 12.2 Å². The highest BCUT2D eigenvalue weighted by atomic mass is 16.5. The van der Waals surface area contributed by atoms with Crippen molar-refractivity contribution in [3.8, 4) is 0 Å². The third-order valence-corrected chi connectivity index (χ3v) is 5.03. The van der Waals surface area contributed by atoms with Gasteiger partial charge in [0.05, 0.1) is 7.11 Å². The number of rotatable bonds is 7. The van der Waals surface area contributed by atoms with Crippen LogP contribution >= 0.6 is 0 Å². The first-order chi connectivity index (χ1) is 12.8. The molecule has 8 nitrogen and oxygen atoms in total. The predicted molar refractivity (Wildman–Crippen MR) is 105 cm³/mol. The van der Waals surface area contributed by atoms with Gasteiger partial charge in [-0.2, -0.15) is 0 Å². The molecule has 1 saturated heterocycles. The number of nitrogens with zero attached hydrogens (tertiary/aromatic N) is 1. The smallest absolute Gasteiger partial charge is 0.328 e. The van der Waals surface area contributed by atoms with Crippen molar-refractivity contribution < 1.29 is 23.9 Å². The number of likely N-dealkylation sites (tertiary alicyclic amines) is 1. The van der Waals surface area contributed by atoms with E-state index in [4.69, 9.17) is 4.74 Å². The zero-order valence-electron chi connectivity index (χ0n) is 17.9. The molecule has 0 unspecified atom stereocenters. The van der Waals surface area contributed by atoms with Gasteiger partial charge < -0.3 is 20.3 Å². The van der Waals surface area contributed by atoms with Crippen molar-refractivity contribution in [2.24, 2.45) is 11.8 Å². The Morgan fingerprint density at radius 3 is 2.04 bits per heavy atom. The standard InChI is InChI=1S/C20H33N3O5/c1-11(2)15(21-14(6)24)17(25)23-10-13(5)9-20(23,7)19(27)22-16(12(3)4)18(26)28-8/h11-12,15-16H,5,9-10H2,1-4,6-8H3,(H,21,24)(H,22,27)/t15-,16-,20-/m0/s1. The van der Waals surface area contributed by atoms with Crippen molar-refractivity contribution in [3.63, 3.8) is 0 Å². The van der Waals surface area contributed by atoms with Crippen molar-refractivity contribution in [1.82, 2.24) is 15.5 Å². The SMILES string of the molecule is C=C1CN(C(=O)[C@@H](NC(C)=O)C(C)C)[C@](C)(C(=O)N[C@H](C(=O)OC)C(C)C)C1. The van der Waals surface area contributed by atoms with Gasteiger partial charge in [-0.15, -0.1) is 0 Å². The third-order valence-electron chi connectivity index (χ3n) is 5.03. The highest BCUT2D eigenvalue weighted by Crippen LogP contribution is 2.33. The number of methoxy groups -OCH3 is 1. The molecule has 158 valence electrons. The van der Waals surface area contributed by atoms with Gasteiger partial charge in [-0.05, 0) is 18.8 Å². The number of carbonyl (C=O) groups is 4. The Bertz CT molecular complexity index is 658. The molecule has 3 amide bonds. The topological polar surface area (TPSA) is 105 Å². The molecule has 1 aliphatic heterocycles. The monoisotopic (exact) mass is 395 g/mol. The molecule has 8 heteroatoms. The number of esters is 1. The molecule has 1 heterocycles. The van der Waals surface area contributed by atoms with Crippen LogP contribution in [0.25, 0.3) is 0 Å². The Hall–Kier alpha value is -2.38. The Labute approximate surface area is 167 Å². The first-order valence-electron chi connectivity index (χ1n) is 9.49. The van der Waals surface area contributed by atoms with E-state index in [2.05, 4.69) is 17.2 Å². The normalized spacial score (nSPS) is 21.5. The van der Waals surface area contributed by atoms with Gasteiger partial charge in [-0.25, -0.2) is 4.79 Å². The van der Waals surface area contributed by atoms with Crippen molar-refractivity contribution in [1.29, 1.82) is 0 Å². The van der Waals surface area contributed by atoms with Crippen LogP contribution in [0.3, 0.4) is 0 Å². The minimum Gasteiger partial charge on any atom is -0.467 e. The van der Waals surface area contributed by atoms with Crippen LogP contribution < -0.4 is 10.6 Å². The third kappa shape index (κ3) is 5.11. The van der Waals surface area contributed by atoms with Gasteiger partial charge in [0.25, 0.3) is 0 Å². The Balaban J connectivity index is 3.17. The van der Waals surface area contributed by atoms with Crippen LogP contribution in [0.1, 0.15) is 48.0 Å². The van der Waals surface area contributed by atoms with E-state index in [-0.39, 0.29) is 36.6 Å². The van der Waals surface area contributed by atoms with E-state index in [0.29, 0.717) is 0 Å². The first-order valence-corrected chi connectivity index (χ1v) is 9.49. The zero-order chi connectivity index (χ0) is 21.8. The summed E-state index contributed by atoms with van der Waals surface area (Å²) < 4.78 is 4.78. The van der Waals surface area contributed by atoms with Crippen LogP contribution in [0.2, 0.25) is 0 Å². The van der Waals surface area contributed by atoms with Crippen LogP contribution in [-0.4, -0.2) is 59.9 Å². The van der Waals surface area contributed by atoms with E-state index in [9.17, 15) is 19.2 Å². The maximum absolute atomic E-state index is 13.2. The van der Waals surface area contributed by atoms with Crippen LogP contribution in [-0.2, 0) is 23.9 Å². The molecule has 0 aromatic rings. The minimum absolute atomic E-state index is 0.156. The lowest BCUT2D eigenvalue weighted by Gasteiger charge is -2.37. The summed E-state index contributed by atoms with van der Waals surface area (Å²) in [4.78, 5) is 51.3. The van der Waals surface area contributed by atoms with Gasteiger partial charge in [0, 0.05) is 19.9 Å². The molecule has 0 saturated carbocycles. The van der Waals surface area contributed by atoms with Gasteiger partial charge in [0.2, 0.25) is 17.7 Å². The van der Waals surface area contributed by atoms with E-state index in [0.717, 1.165) is 5.57 Å². The fourth-order valence-electron chi connectivity index (χ4n) is 3.38. The largest absolute Gasteiger partial charge is 0.467 e. The van der Waals surface area contributed by atoms with Crippen LogP contribution in [0.15, 0.2) is 12.2 Å². The van der Waals surface area contributed by atoms with Gasteiger partial charge >= 0.3 is 5.97 Å². The summed E-state index contributed by atoms with van der Waals surface area (Å²) in [6.45, 7) is 14.4. The Morgan fingerprint density at radius 1 is 1.07 bits per heavy atom. The Kier molecular flexibility index (Phi) is 7.78. The quantitative estimate of drug-likeness (QED) is 0.494. The molecule has 0 aromatic carbocycles. The highest BCUT2D eigenvalue weighted by molar-refractivity contribution is 5.97. The molecular formula is C20H33N3O5. The minimum atomic E-state index is -1.21. The number of hydrogen-bond donors (Lipinski definition) is 2. The summed E-state index contributed by atoms with van der Waals surface area (Å²) in [5.41, 5.74) is -0.475. The summed E-state index contributed by atoms with van der Waals surface area (Å²) in [7, 11) is 1.26. The fraction of sp³-hybridized carbons (Fsp3) is 0.700. The highest BCUT2D eigenvalue weighted by Gasteiger charge is 2.50. The molecule has 0 aliphatic carbocycles. The molecule has 3 atom stereocenters. The fourth-order valence-corrected chi connectivity index (χ4v) is 3.38. The van der Waals surface area contributed by atoms with E-state index in [1.807, 2.05) is 13.8 Å². The van der Waals surface area contributed by atoms with E-state index in [1.165, 1.54) is 18.9 Å². The molecule has 28 heavy (non-hydrogen) atoms. The lowest BCUT2D eigenvalue weighted by atomic mass is 9.93. The van der Waals surface area contributed by atoms with E-state index < -0.39 is 29.5 Å². The molecular weight excluding hydrogens is 362 g/mol. The van der Waals surface area contributed by atoms with Crippen LogP contribution in [0.4, 0.5) is 0 Å². The van der Waals surface area contributed by atoms with Crippen LogP contribution in [0.5, 0.6) is 0 Å². The second-order valence-corrected chi connectivity index (χ2v) is 8.27. The molecule has 0 radical (unpaired) electrons. The zero-order valence-corrected chi connectivity index (χ0v) is 17.9. The number of nitrogens with one attached hydrogen (secondary N) is 2. The molecule has 0 spiro atoms. The second kappa shape index (κ2) is 9.21. The molecule has 0 bridgehead atoms. The maximum Gasteiger partial charge on any atom is 0.328 e. The average molecular weight is 396 g/mol. The van der Waals surface area contributed by atoms with Gasteiger partial charge in [0.1, 0.15) is 17.6 Å². The summed E-state index contributed by atoms with van der Waals surface area (Å²) >= 11 is 0. The number of amides is 3. The van der Waals surface area contributed by atoms with Crippen molar-refractivity contribution in [2.45, 2.75) is 65.6 Å². The maximum atomic E-state index is 13.2. The Morgan fingerprint density at radius 2 is 1.61 bits per heavy atom. The lowest BCUT2D eigenvalue weighted by molar-refractivity contribution is -0.151. The molecule has 1 fully saturated rings. The number of ether oxygens (including phenoxy) is 1. The predicted octanol–water partition coefficient (Wildman–Crippen LogP) is 1.01. The lowest BCUT2D eigenvalue weighted by Crippen LogP contribution is -2.62. The van der Waals surface area contributed by atoms with Gasteiger partial charge in [0.15, 0.2) is 0 Å². The molecule has 1 aliphatic rings. The molecule has 0 aromatic heterocycles. The second-order valence-electron chi connectivity index (χ2n) is 8.27.